The lowest BCUT2D eigenvalue weighted by molar-refractivity contribution is -0.146. The number of carbonyl (C=O) groups is 2. The second kappa shape index (κ2) is 3.48. The summed E-state index contributed by atoms with van der Waals surface area (Å²) < 4.78 is 9.49. The highest BCUT2D eigenvalue weighted by atomic mass is 16.6. The first-order valence-electron chi connectivity index (χ1n) is 3.45. The van der Waals surface area contributed by atoms with Crippen LogP contribution < -0.4 is 0 Å². The maximum atomic E-state index is 10.7. The van der Waals surface area contributed by atoms with Crippen molar-refractivity contribution in [3.8, 4) is 0 Å². The molecule has 0 aromatic rings. The molecule has 1 aliphatic rings. The Hall–Kier alpha value is -0.900. The van der Waals surface area contributed by atoms with E-state index in [0.29, 0.717) is 6.61 Å². The third-order valence-corrected chi connectivity index (χ3v) is 1.23. The highest BCUT2D eigenvalue weighted by Gasteiger charge is 2.24. The van der Waals surface area contributed by atoms with Crippen LogP contribution in [0.4, 0.5) is 0 Å². The minimum absolute atomic E-state index is 0.0749. The van der Waals surface area contributed by atoms with E-state index >= 15 is 0 Å². The van der Waals surface area contributed by atoms with Gasteiger partial charge in [0.15, 0.2) is 0 Å². The number of hydrogen-bond acceptors (Lipinski definition) is 4. The number of ether oxygens (including phenoxy) is 2. The third kappa shape index (κ3) is 3.72. The summed E-state index contributed by atoms with van der Waals surface area (Å²) in [5, 5.41) is 0. The van der Waals surface area contributed by atoms with E-state index in [-0.39, 0.29) is 24.9 Å². The smallest absolute Gasteiger partial charge is 0.313 e. The molecule has 1 saturated heterocycles. The van der Waals surface area contributed by atoms with E-state index in [1.54, 1.807) is 0 Å². The van der Waals surface area contributed by atoms with Crippen molar-refractivity contribution in [2.45, 2.75) is 19.4 Å². The molecule has 0 aromatic heterocycles. The Labute approximate surface area is 64.5 Å². The van der Waals surface area contributed by atoms with Crippen LogP contribution in [0.1, 0.15) is 13.3 Å². The monoisotopic (exact) mass is 158 g/mol. The van der Waals surface area contributed by atoms with Crippen LogP contribution in [0.2, 0.25) is 0 Å². The fourth-order valence-corrected chi connectivity index (χ4v) is 0.604. The molecule has 1 atom stereocenters. The van der Waals surface area contributed by atoms with Crippen LogP contribution in [0.25, 0.3) is 0 Å². The molecule has 4 heteroatoms. The SMILES string of the molecule is CC(=O)CC(=O)OCC1CO1. The Morgan fingerprint density at radius 1 is 1.64 bits per heavy atom. The summed E-state index contributed by atoms with van der Waals surface area (Å²) in [4.78, 5) is 21.1. The van der Waals surface area contributed by atoms with E-state index in [1.165, 1.54) is 6.92 Å². The Kier molecular flexibility index (Phi) is 2.59. The molecule has 0 spiro atoms. The zero-order valence-corrected chi connectivity index (χ0v) is 6.33. The van der Waals surface area contributed by atoms with Gasteiger partial charge in [-0.2, -0.15) is 0 Å². The van der Waals surface area contributed by atoms with E-state index in [0.717, 1.165) is 0 Å². The predicted molar refractivity (Wildman–Crippen MR) is 36.0 cm³/mol. The number of carbonyl (C=O) groups excluding carboxylic acids is 2. The molecule has 1 aliphatic heterocycles. The van der Waals surface area contributed by atoms with Gasteiger partial charge in [-0.3, -0.25) is 9.59 Å². The van der Waals surface area contributed by atoms with Crippen molar-refractivity contribution in [2.75, 3.05) is 13.2 Å². The second-order valence-electron chi connectivity index (χ2n) is 2.52. The molecule has 62 valence electrons. The first-order chi connectivity index (χ1) is 5.18. The van der Waals surface area contributed by atoms with Gasteiger partial charge < -0.3 is 9.47 Å². The Balaban J connectivity index is 2.04. The molecule has 11 heavy (non-hydrogen) atoms. The number of hydrogen-bond donors (Lipinski definition) is 0. The fraction of sp³-hybridized carbons (Fsp3) is 0.714. The molecular formula is C7H10O4. The van der Waals surface area contributed by atoms with Gasteiger partial charge in [-0.25, -0.2) is 0 Å². The highest BCUT2D eigenvalue weighted by molar-refractivity contribution is 5.94. The van der Waals surface area contributed by atoms with Crippen LogP contribution in [0.5, 0.6) is 0 Å². The summed E-state index contributed by atoms with van der Waals surface area (Å²) >= 11 is 0. The van der Waals surface area contributed by atoms with Crippen molar-refractivity contribution in [2.24, 2.45) is 0 Å². The first kappa shape index (κ1) is 8.20. The maximum Gasteiger partial charge on any atom is 0.313 e. The molecule has 0 bridgehead atoms. The van der Waals surface area contributed by atoms with Crippen LogP contribution in [0, 0.1) is 0 Å². The normalized spacial score (nSPS) is 21.0. The second-order valence-corrected chi connectivity index (χ2v) is 2.52. The molecule has 1 rings (SSSR count). The number of epoxide rings is 1. The van der Waals surface area contributed by atoms with Gasteiger partial charge in [0.05, 0.1) is 6.61 Å². The quantitative estimate of drug-likeness (QED) is 0.326. The van der Waals surface area contributed by atoms with Crippen molar-refractivity contribution < 1.29 is 19.1 Å². The van der Waals surface area contributed by atoms with Crippen molar-refractivity contribution in [3.63, 3.8) is 0 Å². The van der Waals surface area contributed by atoms with E-state index in [9.17, 15) is 9.59 Å². The maximum absolute atomic E-state index is 10.7. The van der Waals surface area contributed by atoms with Gasteiger partial charge in [-0.05, 0) is 6.92 Å². The Morgan fingerprint density at radius 3 is 2.73 bits per heavy atom. The molecule has 0 amide bonds. The van der Waals surface area contributed by atoms with Crippen LogP contribution >= 0.6 is 0 Å². The lowest BCUT2D eigenvalue weighted by Gasteiger charge is -1.98. The summed E-state index contributed by atoms with van der Waals surface area (Å²) in [6.45, 7) is 2.30. The van der Waals surface area contributed by atoms with Gasteiger partial charge in [0.2, 0.25) is 0 Å². The molecule has 1 fully saturated rings. The van der Waals surface area contributed by atoms with Gasteiger partial charge in [0.1, 0.15) is 24.9 Å². The van der Waals surface area contributed by atoms with Crippen molar-refractivity contribution in [3.05, 3.63) is 0 Å². The summed E-state index contributed by atoms with van der Waals surface area (Å²) in [5.41, 5.74) is 0. The van der Waals surface area contributed by atoms with Crippen LogP contribution in [-0.4, -0.2) is 31.1 Å². The third-order valence-electron chi connectivity index (χ3n) is 1.23. The number of rotatable bonds is 4. The molecule has 0 N–H and O–H groups in total. The topological polar surface area (TPSA) is 55.9 Å². The summed E-state index contributed by atoms with van der Waals surface area (Å²) in [6.07, 6.45) is -0.0573. The minimum Gasteiger partial charge on any atom is -0.462 e. The molecule has 1 heterocycles. The summed E-state index contributed by atoms with van der Waals surface area (Å²) in [5.74, 6) is -0.639. The number of Topliss-reactive ketones (excluding diaryl/α,β-unsaturated/α-hetero) is 1. The standard InChI is InChI=1S/C7H10O4/c1-5(8)2-7(9)11-4-6-3-10-6/h6H,2-4H2,1H3. The molecule has 0 saturated carbocycles. The predicted octanol–water partition coefficient (Wildman–Crippen LogP) is -0.0925. The summed E-state index contributed by atoms with van der Waals surface area (Å²) in [7, 11) is 0. The van der Waals surface area contributed by atoms with Crippen molar-refractivity contribution in [1.29, 1.82) is 0 Å². The van der Waals surface area contributed by atoms with E-state index in [1.807, 2.05) is 0 Å². The minimum atomic E-state index is -0.465. The zero-order valence-electron chi connectivity index (χ0n) is 6.33. The summed E-state index contributed by atoms with van der Waals surface area (Å²) in [6, 6.07) is 0. The average molecular weight is 158 g/mol. The highest BCUT2D eigenvalue weighted by Crippen LogP contribution is 2.08. The number of esters is 1. The van der Waals surface area contributed by atoms with Crippen molar-refractivity contribution >= 4 is 11.8 Å². The lowest BCUT2D eigenvalue weighted by atomic mass is 10.3. The van der Waals surface area contributed by atoms with Crippen LogP contribution in [0.15, 0.2) is 0 Å². The Bertz CT molecular complexity index is 171. The Morgan fingerprint density at radius 2 is 2.27 bits per heavy atom. The van der Waals surface area contributed by atoms with E-state index < -0.39 is 5.97 Å². The molecule has 4 nitrogen and oxygen atoms in total. The van der Waals surface area contributed by atoms with Crippen molar-refractivity contribution in [1.82, 2.24) is 0 Å². The van der Waals surface area contributed by atoms with Crippen LogP contribution in [-0.2, 0) is 19.1 Å². The molecule has 0 aromatic carbocycles. The number of ketones is 1. The van der Waals surface area contributed by atoms with Gasteiger partial charge in [0.25, 0.3) is 0 Å². The van der Waals surface area contributed by atoms with Gasteiger partial charge in [-0.1, -0.05) is 0 Å². The fourth-order valence-electron chi connectivity index (χ4n) is 0.604. The zero-order chi connectivity index (χ0) is 8.27. The van der Waals surface area contributed by atoms with Gasteiger partial charge >= 0.3 is 5.97 Å². The first-order valence-corrected chi connectivity index (χ1v) is 3.45. The van der Waals surface area contributed by atoms with Gasteiger partial charge in [-0.15, -0.1) is 0 Å². The van der Waals surface area contributed by atoms with Gasteiger partial charge in [0, 0.05) is 0 Å². The lowest BCUT2D eigenvalue weighted by Crippen LogP contribution is -2.12. The van der Waals surface area contributed by atoms with Crippen LogP contribution in [0.3, 0.4) is 0 Å². The molecule has 0 radical (unpaired) electrons. The van der Waals surface area contributed by atoms with E-state index in [2.05, 4.69) is 0 Å². The molecule has 1 unspecified atom stereocenters. The largest absolute Gasteiger partial charge is 0.462 e. The molecular weight excluding hydrogens is 148 g/mol. The average Bonchev–Trinajstić information content (AvgIpc) is 2.63. The van der Waals surface area contributed by atoms with E-state index in [4.69, 9.17) is 9.47 Å². The molecule has 0 aliphatic carbocycles.